The van der Waals surface area contributed by atoms with E-state index < -0.39 is 10.8 Å². The van der Waals surface area contributed by atoms with Gasteiger partial charge in [0.05, 0.1) is 16.8 Å². The van der Waals surface area contributed by atoms with E-state index in [1.807, 2.05) is 36.4 Å². The van der Waals surface area contributed by atoms with Crippen molar-refractivity contribution >= 4 is 17.7 Å². The van der Waals surface area contributed by atoms with Crippen LogP contribution in [0.3, 0.4) is 0 Å². The first kappa shape index (κ1) is 18.5. The fraction of sp³-hybridized carbons (Fsp3) is 0.0500. The number of non-ortho nitro benzene ring substituents is 1. The van der Waals surface area contributed by atoms with Gasteiger partial charge in [-0.1, -0.05) is 42.5 Å². The molecule has 0 fully saturated rings. The second-order valence-electron chi connectivity index (χ2n) is 5.85. The van der Waals surface area contributed by atoms with Crippen molar-refractivity contribution in [1.82, 2.24) is 15.5 Å². The fourth-order valence-corrected chi connectivity index (χ4v) is 2.59. The fourth-order valence-electron chi connectivity index (χ4n) is 2.59. The summed E-state index contributed by atoms with van der Waals surface area (Å²) in [6, 6.07) is 17.2. The van der Waals surface area contributed by atoms with Crippen LogP contribution in [-0.4, -0.2) is 21.0 Å². The smallest absolute Gasteiger partial charge is 0.270 e. The van der Waals surface area contributed by atoms with Gasteiger partial charge < -0.3 is 5.32 Å². The summed E-state index contributed by atoms with van der Waals surface area (Å²) >= 11 is 0. The van der Waals surface area contributed by atoms with Gasteiger partial charge >= 0.3 is 0 Å². The number of nitrogens with one attached hydrogen (secondary N) is 2. The van der Waals surface area contributed by atoms with E-state index >= 15 is 0 Å². The van der Waals surface area contributed by atoms with Gasteiger partial charge in [-0.2, -0.15) is 10.4 Å². The Morgan fingerprint density at radius 3 is 2.75 bits per heavy atom. The Bertz CT molecular complexity index is 1080. The molecule has 138 valence electrons. The van der Waals surface area contributed by atoms with Crippen LogP contribution in [0.25, 0.3) is 17.3 Å². The first-order valence-electron chi connectivity index (χ1n) is 8.30. The number of hydrogen-bond acceptors (Lipinski definition) is 5. The average molecular weight is 373 g/mol. The second kappa shape index (κ2) is 8.42. The van der Waals surface area contributed by atoms with Crippen LogP contribution in [0.15, 0.2) is 66.4 Å². The highest BCUT2D eigenvalue weighted by atomic mass is 16.6. The van der Waals surface area contributed by atoms with Crippen molar-refractivity contribution in [2.45, 2.75) is 6.54 Å². The monoisotopic (exact) mass is 373 g/mol. The van der Waals surface area contributed by atoms with Crippen LogP contribution in [0.5, 0.6) is 0 Å². The van der Waals surface area contributed by atoms with Gasteiger partial charge in [-0.15, -0.1) is 0 Å². The molecule has 0 aliphatic heterocycles. The summed E-state index contributed by atoms with van der Waals surface area (Å²) in [5, 5.41) is 29.7. The van der Waals surface area contributed by atoms with Gasteiger partial charge in [-0.05, 0) is 11.6 Å². The van der Waals surface area contributed by atoms with Crippen molar-refractivity contribution in [2.75, 3.05) is 0 Å². The molecule has 0 bridgehead atoms. The molecule has 3 aromatic rings. The molecule has 8 heteroatoms. The van der Waals surface area contributed by atoms with Gasteiger partial charge in [-0.3, -0.25) is 20.0 Å². The number of benzene rings is 2. The Morgan fingerprint density at radius 1 is 1.25 bits per heavy atom. The van der Waals surface area contributed by atoms with Crippen molar-refractivity contribution in [3.8, 4) is 17.3 Å². The molecule has 0 spiro atoms. The maximum atomic E-state index is 12.3. The van der Waals surface area contributed by atoms with E-state index in [0.717, 1.165) is 5.56 Å². The number of nitro groups is 1. The minimum Gasteiger partial charge on any atom is -0.347 e. The molecule has 1 aromatic heterocycles. The summed E-state index contributed by atoms with van der Waals surface area (Å²) < 4.78 is 0. The zero-order chi connectivity index (χ0) is 19.9. The number of aromatic amines is 1. The molecular weight excluding hydrogens is 358 g/mol. The molecule has 28 heavy (non-hydrogen) atoms. The summed E-state index contributed by atoms with van der Waals surface area (Å²) in [7, 11) is 0. The quantitative estimate of drug-likeness (QED) is 0.297. The molecule has 1 heterocycles. The lowest BCUT2D eigenvalue weighted by molar-refractivity contribution is -0.384. The van der Waals surface area contributed by atoms with E-state index in [0.29, 0.717) is 23.4 Å². The van der Waals surface area contributed by atoms with Crippen molar-refractivity contribution in [3.05, 3.63) is 87.6 Å². The Hall–Kier alpha value is -4.25. The molecule has 0 unspecified atom stereocenters. The SMILES string of the molecule is N#C/C(=C\c1cn[nH]c1-c1cccc([N+](=O)[O-])c1)C(=O)NCc1ccccc1. The zero-order valence-corrected chi connectivity index (χ0v) is 14.6. The number of nitriles is 1. The lowest BCUT2D eigenvalue weighted by atomic mass is 10.1. The van der Waals surface area contributed by atoms with E-state index in [-0.39, 0.29) is 11.3 Å². The summed E-state index contributed by atoms with van der Waals surface area (Å²) in [6.07, 6.45) is 2.86. The molecule has 0 aliphatic rings. The number of nitrogens with zero attached hydrogens (tertiary/aromatic N) is 3. The maximum Gasteiger partial charge on any atom is 0.270 e. The lowest BCUT2D eigenvalue weighted by Crippen LogP contribution is -2.23. The van der Waals surface area contributed by atoms with Gasteiger partial charge in [0.25, 0.3) is 11.6 Å². The van der Waals surface area contributed by atoms with E-state index in [1.54, 1.807) is 12.1 Å². The number of carbonyl (C=O) groups excluding carboxylic acids is 1. The van der Waals surface area contributed by atoms with Crippen LogP contribution >= 0.6 is 0 Å². The Morgan fingerprint density at radius 2 is 2.04 bits per heavy atom. The molecule has 3 rings (SSSR count). The minimum absolute atomic E-state index is 0.0665. The standard InChI is InChI=1S/C20H15N5O3/c21-11-16(20(26)22-12-14-5-2-1-3-6-14)9-17-13-23-24-19(17)15-7-4-8-18(10-15)25(27)28/h1-10,13H,12H2,(H,22,26)(H,23,24)/b16-9+. The van der Waals surface area contributed by atoms with Crippen molar-refractivity contribution in [3.63, 3.8) is 0 Å². The maximum absolute atomic E-state index is 12.3. The van der Waals surface area contributed by atoms with Crippen LogP contribution < -0.4 is 5.32 Å². The topological polar surface area (TPSA) is 125 Å². The van der Waals surface area contributed by atoms with Gasteiger partial charge in [0.2, 0.25) is 0 Å². The summed E-state index contributed by atoms with van der Waals surface area (Å²) in [6.45, 7) is 0.293. The van der Waals surface area contributed by atoms with Crippen LogP contribution in [-0.2, 0) is 11.3 Å². The van der Waals surface area contributed by atoms with E-state index in [9.17, 15) is 20.2 Å². The van der Waals surface area contributed by atoms with Gasteiger partial charge in [0, 0.05) is 29.8 Å². The van der Waals surface area contributed by atoms with E-state index in [1.165, 1.54) is 24.4 Å². The molecule has 0 saturated carbocycles. The largest absolute Gasteiger partial charge is 0.347 e. The van der Waals surface area contributed by atoms with Crippen molar-refractivity contribution in [2.24, 2.45) is 0 Å². The lowest BCUT2D eigenvalue weighted by Gasteiger charge is -2.05. The molecule has 2 aromatic carbocycles. The highest BCUT2D eigenvalue weighted by Gasteiger charge is 2.14. The molecule has 2 N–H and O–H groups in total. The average Bonchev–Trinajstić information content (AvgIpc) is 3.19. The zero-order valence-electron chi connectivity index (χ0n) is 14.6. The number of H-pyrrole nitrogens is 1. The molecule has 0 atom stereocenters. The van der Waals surface area contributed by atoms with Crippen LogP contribution in [0.4, 0.5) is 5.69 Å². The summed E-state index contributed by atoms with van der Waals surface area (Å²) in [5.74, 6) is -0.516. The third-order valence-electron chi connectivity index (χ3n) is 3.98. The number of nitro benzene ring substituents is 1. The predicted molar refractivity (Wildman–Crippen MR) is 103 cm³/mol. The first-order valence-corrected chi connectivity index (χ1v) is 8.30. The predicted octanol–water partition coefficient (Wildman–Crippen LogP) is 3.21. The Balaban J connectivity index is 1.83. The number of hydrogen-bond donors (Lipinski definition) is 2. The van der Waals surface area contributed by atoms with Crippen molar-refractivity contribution < 1.29 is 9.72 Å². The highest BCUT2D eigenvalue weighted by molar-refractivity contribution is 6.02. The molecule has 8 nitrogen and oxygen atoms in total. The number of rotatable bonds is 6. The van der Waals surface area contributed by atoms with Crippen LogP contribution in [0.2, 0.25) is 0 Å². The molecule has 1 amide bonds. The third-order valence-corrected chi connectivity index (χ3v) is 3.98. The van der Waals surface area contributed by atoms with E-state index in [2.05, 4.69) is 15.5 Å². The molecule has 0 saturated heterocycles. The Labute approximate surface area is 160 Å². The third kappa shape index (κ3) is 4.28. The molecule has 0 radical (unpaired) electrons. The van der Waals surface area contributed by atoms with E-state index in [4.69, 9.17) is 0 Å². The van der Waals surface area contributed by atoms with Gasteiger partial charge in [0.1, 0.15) is 11.6 Å². The van der Waals surface area contributed by atoms with Crippen LogP contribution in [0.1, 0.15) is 11.1 Å². The number of aromatic nitrogens is 2. The normalized spacial score (nSPS) is 10.9. The van der Waals surface area contributed by atoms with Gasteiger partial charge in [-0.25, -0.2) is 0 Å². The number of carbonyl (C=O) groups is 1. The minimum atomic E-state index is -0.516. The summed E-state index contributed by atoms with van der Waals surface area (Å²) in [4.78, 5) is 22.8. The molecule has 0 aliphatic carbocycles. The van der Waals surface area contributed by atoms with Crippen LogP contribution in [0, 0.1) is 21.4 Å². The highest BCUT2D eigenvalue weighted by Crippen LogP contribution is 2.26. The van der Waals surface area contributed by atoms with Crippen molar-refractivity contribution in [1.29, 1.82) is 5.26 Å². The first-order chi connectivity index (χ1) is 13.6. The van der Waals surface area contributed by atoms with Gasteiger partial charge in [0.15, 0.2) is 0 Å². The second-order valence-corrected chi connectivity index (χ2v) is 5.85. The Kier molecular flexibility index (Phi) is 5.58. The summed E-state index contributed by atoms with van der Waals surface area (Å²) in [5.41, 5.74) is 2.24. The molecular formula is C20H15N5O3. The number of amides is 1.